The van der Waals surface area contributed by atoms with Gasteiger partial charge in [0.15, 0.2) is 6.10 Å². The fourth-order valence-corrected chi connectivity index (χ4v) is 5.82. The molecule has 1 N–H and O–H groups in total. The molecule has 24 heavy (non-hydrogen) atoms. The highest BCUT2D eigenvalue weighted by Gasteiger charge is 2.95. The van der Waals surface area contributed by atoms with Gasteiger partial charge in [0.1, 0.15) is 29.5 Å². The first kappa shape index (κ1) is 14.9. The van der Waals surface area contributed by atoms with Crippen LogP contribution in [0, 0.1) is 17.3 Å². The largest absolute Gasteiger partial charge is 0.458 e. The zero-order valence-electron chi connectivity index (χ0n) is 13.8. The number of hydrogen-bond acceptors (Lipinski definition) is 7. The fourth-order valence-electron chi connectivity index (χ4n) is 5.82. The van der Waals surface area contributed by atoms with Crippen LogP contribution in [0.3, 0.4) is 0 Å². The van der Waals surface area contributed by atoms with E-state index in [4.69, 9.17) is 18.9 Å². The average Bonchev–Trinajstić information content (AvgIpc) is 3.35. The Bertz CT molecular complexity index is 697. The van der Waals surface area contributed by atoms with Gasteiger partial charge in [-0.25, -0.2) is 0 Å². The molecule has 7 heteroatoms. The van der Waals surface area contributed by atoms with E-state index in [2.05, 4.69) is 6.58 Å². The van der Waals surface area contributed by atoms with Crippen LogP contribution in [-0.4, -0.2) is 59.3 Å². The van der Waals surface area contributed by atoms with Crippen LogP contribution in [0.4, 0.5) is 0 Å². The maximum absolute atomic E-state index is 12.6. The van der Waals surface area contributed by atoms with Crippen molar-refractivity contribution >= 4 is 11.9 Å². The summed E-state index contributed by atoms with van der Waals surface area (Å²) in [5.74, 6) is -2.17. The lowest BCUT2D eigenvalue weighted by Gasteiger charge is -2.54. The maximum Gasteiger partial charge on any atom is 0.313 e. The lowest BCUT2D eigenvalue weighted by molar-refractivity contribution is -0.241. The predicted octanol–water partition coefficient (Wildman–Crippen LogP) is -0.0470. The van der Waals surface area contributed by atoms with Crippen LogP contribution in [-0.2, 0) is 28.5 Å². The van der Waals surface area contributed by atoms with E-state index in [0.717, 1.165) is 5.57 Å². The van der Waals surface area contributed by atoms with E-state index in [-0.39, 0.29) is 6.10 Å². The number of aliphatic hydroxyl groups is 1. The van der Waals surface area contributed by atoms with Gasteiger partial charge in [-0.1, -0.05) is 12.2 Å². The molecule has 5 aliphatic rings. The molecule has 0 unspecified atom stereocenters. The number of ether oxygens (including phenoxy) is 4. The number of epoxide rings is 2. The highest BCUT2D eigenvalue weighted by molar-refractivity contribution is 5.80. The molecular weight excluding hydrogens is 316 g/mol. The van der Waals surface area contributed by atoms with Crippen LogP contribution >= 0.6 is 0 Å². The van der Waals surface area contributed by atoms with Crippen molar-refractivity contribution in [1.29, 1.82) is 0 Å². The zero-order valence-corrected chi connectivity index (χ0v) is 13.8. The molecule has 0 radical (unpaired) electrons. The summed E-state index contributed by atoms with van der Waals surface area (Å²) in [7, 11) is 0. The Morgan fingerprint density at radius 2 is 2.04 bits per heavy atom. The highest BCUT2D eigenvalue weighted by Crippen LogP contribution is 2.76. The molecule has 2 saturated carbocycles. The van der Waals surface area contributed by atoms with E-state index >= 15 is 0 Å². The van der Waals surface area contributed by atoms with Gasteiger partial charge in [-0.2, -0.15) is 0 Å². The maximum atomic E-state index is 12.6. The van der Waals surface area contributed by atoms with Crippen LogP contribution in [0.25, 0.3) is 0 Å². The van der Waals surface area contributed by atoms with Gasteiger partial charge in [-0.3, -0.25) is 9.59 Å². The second-order valence-electron chi connectivity index (χ2n) is 7.96. The Hall–Kier alpha value is -1.44. The molecule has 0 aromatic carbocycles. The van der Waals surface area contributed by atoms with Gasteiger partial charge in [0, 0.05) is 12.8 Å². The van der Waals surface area contributed by atoms with E-state index in [1.807, 2.05) is 6.92 Å². The summed E-state index contributed by atoms with van der Waals surface area (Å²) in [6, 6.07) is 0. The number of rotatable bonds is 2. The van der Waals surface area contributed by atoms with E-state index in [0.29, 0.717) is 6.61 Å². The van der Waals surface area contributed by atoms with Crippen LogP contribution in [0.1, 0.15) is 20.8 Å². The third-order valence-electron chi connectivity index (χ3n) is 6.97. The summed E-state index contributed by atoms with van der Waals surface area (Å²) in [5, 5.41) is 11.8. The monoisotopic (exact) mass is 336 g/mol. The smallest absolute Gasteiger partial charge is 0.313 e. The number of hydrogen-bond donors (Lipinski definition) is 1. The van der Waals surface area contributed by atoms with Gasteiger partial charge in [0.2, 0.25) is 0 Å². The van der Waals surface area contributed by atoms with Crippen LogP contribution in [0.2, 0.25) is 0 Å². The second kappa shape index (κ2) is 3.86. The SMILES string of the molecule is C=C(C)[C@@H]1[C@H]2OC(=O)[C@@H]1[C@]1(O)[C@H]3O[C@H]3[C@]3(CO3)[C@]1(C)[C@@H]2OC(C)=O. The van der Waals surface area contributed by atoms with Gasteiger partial charge in [-0.05, 0) is 13.8 Å². The van der Waals surface area contributed by atoms with Crippen molar-refractivity contribution in [3.63, 3.8) is 0 Å². The molecule has 2 aliphatic carbocycles. The number of esters is 2. The molecule has 0 aromatic heterocycles. The standard InChI is InChI=1S/C17H20O7/c1-6(2)8-9-14(19)23-10(8)11(22-7(3)18)15(4)16(5-21-16)12-13(24-12)17(9,15)20/h8-13,20H,1,5H2,2-4H3/t8-,9+,10+,11+,12+,13-,15-,16+,17-/m0/s1. The molecule has 3 heterocycles. The first-order valence-electron chi connectivity index (χ1n) is 8.25. The summed E-state index contributed by atoms with van der Waals surface area (Å²) in [6.07, 6.45) is -2.25. The molecular formula is C17H20O7. The van der Waals surface area contributed by atoms with Crippen molar-refractivity contribution in [1.82, 2.24) is 0 Å². The molecule has 1 spiro atoms. The topological polar surface area (TPSA) is 97.9 Å². The van der Waals surface area contributed by atoms with Crippen LogP contribution in [0.5, 0.6) is 0 Å². The Morgan fingerprint density at radius 3 is 2.58 bits per heavy atom. The molecule has 5 fully saturated rings. The molecule has 2 bridgehead atoms. The first-order chi connectivity index (χ1) is 11.2. The van der Waals surface area contributed by atoms with Crippen molar-refractivity contribution in [2.75, 3.05) is 6.61 Å². The van der Waals surface area contributed by atoms with Crippen molar-refractivity contribution < 1.29 is 33.6 Å². The third-order valence-corrected chi connectivity index (χ3v) is 6.97. The van der Waals surface area contributed by atoms with Crippen molar-refractivity contribution in [3.8, 4) is 0 Å². The molecule has 0 aromatic rings. The number of carbonyl (C=O) groups is 2. The minimum absolute atomic E-state index is 0.275. The van der Waals surface area contributed by atoms with Crippen molar-refractivity contribution in [3.05, 3.63) is 12.2 Å². The van der Waals surface area contributed by atoms with Gasteiger partial charge in [0.05, 0.1) is 17.9 Å². The normalized spacial score (nSPS) is 58.8. The van der Waals surface area contributed by atoms with Gasteiger partial charge >= 0.3 is 11.9 Å². The van der Waals surface area contributed by atoms with Gasteiger partial charge in [0.25, 0.3) is 0 Å². The van der Waals surface area contributed by atoms with Crippen molar-refractivity contribution in [2.45, 2.75) is 56.4 Å². The van der Waals surface area contributed by atoms with E-state index in [1.165, 1.54) is 6.92 Å². The summed E-state index contributed by atoms with van der Waals surface area (Å²) in [6.45, 7) is 9.33. The van der Waals surface area contributed by atoms with Crippen molar-refractivity contribution in [2.24, 2.45) is 17.3 Å². The fraction of sp³-hybridized carbons (Fsp3) is 0.765. The Morgan fingerprint density at radius 1 is 1.38 bits per heavy atom. The summed E-state index contributed by atoms with van der Waals surface area (Å²) < 4.78 is 22.6. The lowest BCUT2D eigenvalue weighted by Crippen LogP contribution is -2.71. The zero-order chi connectivity index (χ0) is 17.2. The number of fused-ring (bicyclic) bond motifs is 8. The van der Waals surface area contributed by atoms with Gasteiger partial charge < -0.3 is 24.1 Å². The molecule has 5 rings (SSSR count). The quantitative estimate of drug-likeness (QED) is 0.429. The second-order valence-corrected chi connectivity index (χ2v) is 7.96. The summed E-state index contributed by atoms with van der Waals surface area (Å²) in [4.78, 5) is 24.4. The Balaban J connectivity index is 1.74. The van der Waals surface area contributed by atoms with E-state index in [1.54, 1.807) is 6.92 Å². The Labute approximate surface area is 138 Å². The number of carbonyl (C=O) groups excluding carboxylic acids is 2. The van der Waals surface area contributed by atoms with Crippen LogP contribution in [0.15, 0.2) is 12.2 Å². The van der Waals surface area contributed by atoms with E-state index < -0.39 is 58.7 Å². The average molecular weight is 336 g/mol. The van der Waals surface area contributed by atoms with Gasteiger partial charge in [-0.15, -0.1) is 0 Å². The summed E-state index contributed by atoms with van der Waals surface area (Å²) >= 11 is 0. The molecule has 7 nitrogen and oxygen atoms in total. The highest BCUT2D eigenvalue weighted by atomic mass is 16.7. The molecule has 9 atom stereocenters. The first-order valence-corrected chi connectivity index (χ1v) is 8.25. The third kappa shape index (κ3) is 1.24. The van der Waals surface area contributed by atoms with E-state index in [9.17, 15) is 14.7 Å². The molecule has 130 valence electrons. The lowest BCUT2D eigenvalue weighted by atomic mass is 9.52. The molecule has 3 aliphatic heterocycles. The van der Waals surface area contributed by atoms with Crippen LogP contribution < -0.4 is 0 Å². The Kier molecular flexibility index (Phi) is 2.39. The molecule has 0 amide bonds. The minimum Gasteiger partial charge on any atom is -0.458 e. The minimum atomic E-state index is -1.51. The molecule has 3 saturated heterocycles. The summed E-state index contributed by atoms with van der Waals surface area (Å²) in [5.41, 5.74) is -2.48. The predicted molar refractivity (Wildman–Crippen MR) is 77.6 cm³/mol.